The Morgan fingerprint density at radius 1 is 1.31 bits per heavy atom. The van der Waals surface area contributed by atoms with Crippen molar-refractivity contribution in [1.82, 2.24) is 5.32 Å². The van der Waals surface area contributed by atoms with Gasteiger partial charge in [0.05, 0.1) is 6.61 Å². The van der Waals surface area contributed by atoms with Crippen LogP contribution in [0.3, 0.4) is 0 Å². The average molecular weight is 219 g/mol. The van der Waals surface area contributed by atoms with E-state index in [0.29, 0.717) is 6.04 Å². The number of rotatable bonds is 8. The fourth-order valence-electron chi connectivity index (χ4n) is 1.59. The molecular weight excluding hydrogens is 198 g/mol. The molecular formula is C14H21NO. The van der Waals surface area contributed by atoms with E-state index in [0.717, 1.165) is 31.6 Å². The van der Waals surface area contributed by atoms with Crippen molar-refractivity contribution in [2.75, 3.05) is 13.7 Å². The molecule has 0 radical (unpaired) electrons. The molecule has 1 rings (SSSR count). The molecule has 0 aliphatic carbocycles. The topological polar surface area (TPSA) is 21.3 Å². The van der Waals surface area contributed by atoms with Gasteiger partial charge < -0.3 is 10.1 Å². The normalized spacial score (nSPS) is 12.1. The van der Waals surface area contributed by atoms with Crippen LogP contribution >= 0.6 is 0 Å². The van der Waals surface area contributed by atoms with Gasteiger partial charge in [0, 0.05) is 6.04 Å². The molecule has 1 atom stereocenters. The summed E-state index contributed by atoms with van der Waals surface area (Å²) in [4.78, 5) is 0. The Balaban J connectivity index is 2.20. The van der Waals surface area contributed by atoms with Crippen LogP contribution in [-0.4, -0.2) is 19.7 Å². The van der Waals surface area contributed by atoms with Crippen molar-refractivity contribution in [3.8, 4) is 5.75 Å². The summed E-state index contributed by atoms with van der Waals surface area (Å²) in [5.74, 6) is 0.945. The summed E-state index contributed by atoms with van der Waals surface area (Å²) in [6.45, 7) is 4.49. The second kappa shape index (κ2) is 7.94. The summed E-state index contributed by atoms with van der Waals surface area (Å²) in [6.07, 6.45) is 5.16. The Hall–Kier alpha value is -1.28. The zero-order chi connectivity index (χ0) is 11.6. The van der Waals surface area contributed by atoms with Gasteiger partial charge in [0.25, 0.3) is 0 Å². The first-order valence-electron chi connectivity index (χ1n) is 5.83. The molecule has 0 aliphatic rings. The number of ether oxygens (including phenoxy) is 1. The van der Waals surface area contributed by atoms with Gasteiger partial charge in [-0.3, -0.25) is 0 Å². The fourth-order valence-corrected chi connectivity index (χ4v) is 1.59. The molecule has 0 aliphatic heterocycles. The Morgan fingerprint density at radius 2 is 2.06 bits per heavy atom. The average Bonchev–Trinajstić information content (AvgIpc) is 2.35. The quantitative estimate of drug-likeness (QED) is 0.679. The zero-order valence-electron chi connectivity index (χ0n) is 9.99. The maximum absolute atomic E-state index is 5.65. The number of para-hydroxylation sites is 1. The highest BCUT2D eigenvalue weighted by molar-refractivity contribution is 5.20. The fraction of sp³-hybridized carbons (Fsp3) is 0.429. The zero-order valence-corrected chi connectivity index (χ0v) is 9.99. The van der Waals surface area contributed by atoms with Crippen LogP contribution in [0.15, 0.2) is 43.0 Å². The lowest BCUT2D eigenvalue weighted by atomic mass is 10.1. The van der Waals surface area contributed by atoms with E-state index in [1.165, 1.54) is 0 Å². The van der Waals surface area contributed by atoms with Gasteiger partial charge in [0.15, 0.2) is 0 Å². The first kappa shape index (κ1) is 12.8. The van der Waals surface area contributed by atoms with Crippen molar-refractivity contribution in [2.24, 2.45) is 0 Å². The lowest BCUT2D eigenvalue weighted by molar-refractivity contribution is 0.285. The smallest absolute Gasteiger partial charge is 0.119 e. The van der Waals surface area contributed by atoms with E-state index in [1.54, 1.807) is 0 Å². The van der Waals surface area contributed by atoms with Crippen LogP contribution in [0.1, 0.15) is 19.3 Å². The van der Waals surface area contributed by atoms with E-state index < -0.39 is 0 Å². The molecule has 0 bridgehead atoms. The summed E-state index contributed by atoms with van der Waals surface area (Å²) < 4.78 is 5.65. The van der Waals surface area contributed by atoms with Gasteiger partial charge in [0.2, 0.25) is 0 Å². The molecule has 0 saturated heterocycles. The number of hydrogen-bond donors (Lipinski definition) is 1. The second-order valence-corrected chi connectivity index (χ2v) is 3.80. The molecule has 88 valence electrons. The minimum absolute atomic E-state index is 0.515. The molecule has 0 amide bonds. The van der Waals surface area contributed by atoms with Crippen LogP contribution in [0.5, 0.6) is 5.75 Å². The van der Waals surface area contributed by atoms with Gasteiger partial charge >= 0.3 is 0 Å². The molecule has 0 heterocycles. The van der Waals surface area contributed by atoms with Crippen molar-refractivity contribution >= 4 is 0 Å². The highest BCUT2D eigenvalue weighted by Gasteiger charge is 2.04. The van der Waals surface area contributed by atoms with E-state index in [9.17, 15) is 0 Å². The highest BCUT2D eigenvalue weighted by atomic mass is 16.5. The maximum Gasteiger partial charge on any atom is 0.119 e. The minimum atomic E-state index is 0.515. The van der Waals surface area contributed by atoms with Crippen LogP contribution in [0.4, 0.5) is 0 Å². The van der Waals surface area contributed by atoms with E-state index in [-0.39, 0.29) is 0 Å². The molecule has 1 aromatic rings. The van der Waals surface area contributed by atoms with Gasteiger partial charge in [-0.15, -0.1) is 6.58 Å². The van der Waals surface area contributed by atoms with Gasteiger partial charge in [-0.1, -0.05) is 24.3 Å². The molecule has 0 spiro atoms. The molecule has 2 nitrogen and oxygen atoms in total. The number of nitrogens with one attached hydrogen (secondary N) is 1. The summed E-state index contributed by atoms with van der Waals surface area (Å²) in [7, 11) is 2.00. The SMILES string of the molecule is C=CCCC(CCOc1ccccc1)NC. The molecule has 1 N–H and O–H groups in total. The van der Waals surface area contributed by atoms with Crippen LogP contribution < -0.4 is 10.1 Å². The van der Waals surface area contributed by atoms with Crippen molar-refractivity contribution in [3.05, 3.63) is 43.0 Å². The summed E-state index contributed by atoms with van der Waals surface area (Å²) in [5.41, 5.74) is 0. The molecule has 1 unspecified atom stereocenters. The Kier molecular flexibility index (Phi) is 6.35. The summed E-state index contributed by atoms with van der Waals surface area (Å²) in [6, 6.07) is 10.5. The Bertz CT molecular complexity index is 284. The van der Waals surface area contributed by atoms with Crippen LogP contribution in [-0.2, 0) is 0 Å². The molecule has 0 saturated carbocycles. The van der Waals surface area contributed by atoms with E-state index >= 15 is 0 Å². The standard InChI is InChI=1S/C14H21NO/c1-3-4-8-13(15-2)11-12-16-14-9-6-5-7-10-14/h3,5-7,9-10,13,15H,1,4,8,11-12H2,2H3. The lowest BCUT2D eigenvalue weighted by Crippen LogP contribution is -2.26. The Morgan fingerprint density at radius 3 is 2.69 bits per heavy atom. The third kappa shape index (κ3) is 4.99. The molecule has 2 heteroatoms. The van der Waals surface area contributed by atoms with Crippen LogP contribution in [0.2, 0.25) is 0 Å². The largest absolute Gasteiger partial charge is 0.494 e. The molecule has 1 aromatic carbocycles. The van der Waals surface area contributed by atoms with Crippen molar-refractivity contribution in [3.63, 3.8) is 0 Å². The summed E-state index contributed by atoms with van der Waals surface area (Å²) >= 11 is 0. The molecule has 0 aromatic heterocycles. The van der Waals surface area contributed by atoms with Gasteiger partial charge in [-0.2, -0.15) is 0 Å². The first-order chi connectivity index (χ1) is 7.86. The van der Waals surface area contributed by atoms with E-state index in [4.69, 9.17) is 4.74 Å². The van der Waals surface area contributed by atoms with Crippen molar-refractivity contribution < 1.29 is 4.74 Å². The number of allylic oxidation sites excluding steroid dienone is 1. The van der Waals surface area contributed by atoms with E-state index in [2.05, 4.69) is 11.9 Å². The van der Waals surface area contributed by atoms with Crippen molar-refractivity contribution in [2.45, 2.75) is 25.3 Å². The maximum atomic E-state index is 5.65. The predicted molar refractivity (Wildman–Crippen MR) is 68.8 cm³/mol. The summed E-state index contributed by atoms with van der Waals surface area (Å²) in [5, 5.41) is 3.30. The minimum Gasteiger partial charge on any atom is -0.494 e. The monoisotopic (exact) mass is 219 g/mol. The van der Waals surface area contributed by atoms with Crippen LogP contribution in [0.25, 0.3) is 0 Å². The van der Waals surface area contributed by atoms with Crippen molar-refractivity contribution in [1.29, 1.82) is 0 Å². The highest BCUT2D eigenvalue weighted by Crippen LogP contribution is 2.10. The van der Waals surface area contributed by atoms with Gasteiger partial charge in [-0.25, -0.2) is 0 Å². The van der Waals surface area contributed by atoms with Crippen LogP contribution in [0, 0.1) is 0 Å². The third-order valence-electron chi connectivity index (χ3n) is 2.61. The first-order valence-corrected chi connectivity index (χ1v) is 5.83. The van der Waals surface area contributed by atoms with Gasteiger partial charge in [-0.05, 0) is 38.4 Å². The second-order valence-electron chi connectivity index (χ2n) is 3.80. The number of benzene rings is 1. The molecule has 0 fully saturated rings. The Labute approximate surface area is 98.3 Å². The number of hydrogen-bond acceptors (Lipinski definition) is 2. The van der Waals surface area contributed by atoms with E-state index in [1.807, 2.05) is 43.5 Å². The van der Waals surface area contributed by atoms with Gasteiger partial charge in [0.1, 0.15) is 5.75 Å². The lowest BCUT2D eigenvalue weighted by Gasteiger charge is -2.15. The third-order valence-corrected chi connectivity index (χ3v) is 2.61. The predicted octanol–water partition coefficient (Wildman–Crippen LogP) is 3.01. The molecule has 16 heavy (non-hydrogen) atoms.